The first kappa shape index (κ1) is 23.9. The smallest absolute Gasteiger partial charge is 0.405 e. The molecule has 0 radical (unpaired) electrons. The van der Waals surface area contributed by atoms with Crippen LogP contribution in [-0.2, 0) is 16.6 Å². The summed E-state index contributed by atoms with van der Waals surface area (Å²) in [6, 6.07) is 7.41. The molecule has 9 nitrogen and oxygen atoms in total. The number of rotatable bonds is 5. The molecule has 2 N–H and O–H groups in total. The van der Waals surface area contributed by atoms with E-state index in [1.807, 2.05) is 42.8 Å². The number of amides is 3. The summed E-state index contributed by atoms with van der Waals surface area (Å²) in [6.45, 7) is 3.12. The highest BCUT2D eigenvalue weighted by Gasteiger charge is 2.39. The molecule has 1 saturated heterocycles. The first-order valence-electron chi connectivity index (χ1n) is 12.0. The molecular weight excluding hydrogens is 436 g/mol. The van der Waals surface area contributed by atoms with Crippen LogP contribution in [0.3, 0.4) is 0 Å². The van der Waals surface area contributed by atoms with Gasteiger partial charge in [-0.25, -0.2) is 4.79 Å². The highest BCUT2D eigenvalue weighted by atomic mass is 16.6. The number of benzene rings is 1. The predicted octanol–water partition coefficient (Wildman–Crippen LogP) is 2.90. The van der Waals surface area contributed by atoms with E-state index in [4.69, 9.17) is 15.2 Å². The molecule has 0 spiro atoms. The lowest BCUT2D eigenvalue weighted by Gasteiger charge is -2.42. The summed E-state index contributed by atoms with van der Waals surface area (Å²) in [5.74, 6) is 0.448. The number of ether oxygens (including phenoxy) is 2. The van der Waals surface area contributed by atoms with Gasteiger partial charge in [-0.3, -0.25) is 9.59 Å². The van der Waals surface area contributed by atoms with Crippen molar-refractivity contribution in [3.8, 4) is 5.75 Å². The lowest BCUT2D eigenvalue weighted by Crippen LogP contribution is -2.59. The van der Waals surface area contributed by atoms with Gasteiger partial charge in [-0.05, 0) is 38.0 Å². The molecule has 0 bridgehead atoms. The molecule has 1 aliphatic carbocycles. The standard InChI is InChI=1S/C25H34N4O5/c1-16-15-28(23(30)21-13-18-9-10-19(33-3)14-20(18)27(21)2)11-12-29(16)24(31)22(34-25(26)32)17-7-5-4-6-8-17/h9-10,13-14,16-17,22H,4-8,11-12,15H2,1-3H3,(H2,26,32)/t16-,22?/m1/s1. The summed E-state index contributed by atoms with van der Waals surface area (Å²) >= 11 is 0. The van der Waals surface area contributed by atoms with Crippen LogP contribution < -0.4 is 10.5 Å². The molecule has 34 heavy (non-hydrogen) atoms. The molecule has 1 aromatic heterocycles. The zero-order chi connectivity index (χ0) is 24.4. The Bertz CT molecular complexity index is 1070. The van der Waals surface area contributed by atoms with E-state index in [2.05, 4.69) is 0 Å². The Morgan fingerprint density at radius 1 is 1.09 bits per heavy atom. The van der Waals surface area contributed by atoms with E-state index in [0.29, 0.717) is 25.3 Å². The summed E-state index contributed by atoms with van der Waals surface area (Å²) in [5, 5.41) is 0.965. The third kappa shape index (κ3) is 4.69. The number of carbonyl (C=O) groups excluding carboxylic acids is 3. The fourth-order valence-corrected chi connectivity index (χ4v) is 5.35. The van der Waals surface area contributed by atoms with Gasteiger partial charge in [0.15, 0.2) is 6.10 Å². The van der Waals surface area contributed by atoms with Crippen molar-refractivity contribution in [1.29, 1.82) is 0 Å². The number of aryl methyl sites for hydroxylation is 1. The SMILES string of the molecule is COc1ccc2cc(C(=O)N3CCN(C(=O)C(OC(N)=O)C4CCCCC4)[C@H](C)C3)n(C)c2c1. The van der Waals surface area contributed by atoms with Crippen molar-refractivity contribution in [2.24, 2.45) is 18.7 Å². The zero-order valence-electron chi connectivity index (χ0n) is 20.2. The maximum atomic E-state index is 13.4. The molecule has 9 heteroatoms. The van der Waals surface area contributed by atoms with E-state index < -0.39 is 12.2 Å². The number of methoxy groups -OCH3 is 1. The maximum Gasteiger partial charge on any atom is 0.405 e. The molecule has 2 aliphatic rings. The highest BCUT2D eigenvalue weighted by Crippen LogP contribution is 2.30. The van der Waals surface area contributed by atoms with Crippen LogP contribution in [0.15, 0.2) is 24.3 Å². The van der Waals surface area contributed by atoms with Gasteiger partial charge in [0.05, 0.1) is 12.6 Å². The molecule has 2 fully saturated rings. The summed E-state index contributed by atoms with van der Waals surface area (Å²) in [5.41, 5.74) is 6.81. The average molecular weight is 471 g/mol. The van der Waals surface area contributed by atoms with E-state index in [1.165, 1.54) is 0 Å². The third-order valence-corrected chi connectivity index (χ3v) is 7.23. The van der Waals surface area contributed by atoms with Crippen molar-refractivity contribution in [2.75, 3.05) is 26.7 Å². The Hall–Kier alpha value is -3.23. The molecule has 2 aromatic rings. The van der Waals surface area contributed by atoms with Gasteiger partial charge in [-0.2, -0.15) is 0 Å². The van der Waals surface area contributed by atoms with Crippen LogP contribution >= 0.6 is 0 Å². The van der Waals surface area contributed by atoms with E-state index >= 15 is 0 Å². The molecule has 1 aliphatic heterocycles. The second-order valence-corrected chi connectivity index (χ2v) is 9.40. The normalized spacial score (nSPS) is 20.3. The Kier molecular flexibility index (Phi) is 7.00. The number of hydrogen-bond acceptors (Lipinski definition) is 5. The molecule has 3 amide bonds. The minimum Gasteiger partial charge on any atom is -0.497 e. The van der Waals surface area contributed by atoms with Gasteiger partial charge in [-0.15, -0.1) is 0 Å². The van der Waals surface area contributed by atoms with Crippen molar-refractivity contribution in [3.63, 3.8) is 0 Å². The molecule has 1 unspecified atom stereocenters. The summed E-state index contributed by atoms with van der Waals surface area (Å²) in [6.07, 6.45) is 3.10. The van der Waals surface area contributed by atoms with Gasteiger partial charge in [0, 0.05) is 50.1 Å². The van der Waals surface area contributed by atoms with Crippen molar-refractivity contribution < 1.29 is 23.9 Å². The Balaban J connectivity index is 1.47. The molecule has 4 rings (SSSR count). The first-order chi connectivity index (χ1) is 16.3. The molecule has 2 atom stereocenters. The van der Waals surface area contributed by atoms with Gasteiger partial charge in [0.25, 0.3) is 11.8 Å². The third-order valence-electron chi connectivity index (χ3n) is 7.23. The van der Waals surface area contributed by atoms with Crippen LogP contribution in [0.4, 0.5) is 4.79 Å². The molecule has 2 heterocycles. The van der Waals surface area contributed by atoms with Gasteiger partial charge in [0.1, 0.15) is 11.4 Å². The number of nitrogens with two attached hydrogens (primary N) is 1. The van der Waals surface area contributed by atoms with Crippen LogP contribution in [-0.4, -0.2) is 71.2 Å². The summed E-state index contributed by atoms with van der Waals surface area (Å²) < 4.78 is 12.5. The second-order valence-electron chi connectivity index (χ2n) is 9.40. The minimum absolute atomic E-state index is 0.00611. The topological polar surface area (TPSA) is 107 Å². The summed E-state index contributed by atoms with van der Waals surface area (Å²) in [7, 11) is 3.49. The highest BCUT2D eigenvalue weighted by molar-refractivity contribution is 5.99. The Labute approximate surface area is 199 Å². The fourth-order valence-electron chi connectivity index (χ4n) is 5.35. The van der Waals surface area contributed by atoms with Crippen LogP contribution in [0.25, 0.3) is 10.9 Å². The molecular formula is C25H34N4O5. The number of fused-ring (bicyclic) bond motifs is 1. The van der Waals surface area contributed by atoms with Crippen LogP contribution in [0.1, 0.15) is 49.5 Å². The van der Waals surface area contributed by atoms with Gasteiger partial charge in [0.2, 0.25) is 0 Å². The number of carbonyl (C=O) groups is 3. The van der Waals surface area contributed by atoms with Crippen molar-refractivity contribution in [2.45, 2.75) is 51.2 Å². The number of piperazine rings is 1. The predicted molar refractivity (Wildman–Crippen MR) is 128 cm³/mol. The monoisotopic (exact) mass is 470 g/mol. The van der Waals surface area contributed by atoms with E-state index in [9.17, 15) is 14.4 Å². The lowest BCUT2D eigenvalue weighted by molar-refractivity contribution is -0.148. The number of nitrogens with zero attached hydrogens (tertiary/aromatic N) is 3. The maximum absolute atomic E-state index is 13.4. The van der Waals surface area contributed by atoms with Gasteiger partial charge < -0.3 is 29.6 Å². The minimum atomic E-state index is -0.919. The van der Waals surface area contributed by atoms with Crippen LogP contribution in [0.2, 0.25) is 0 Å². The Morgan fingerprint density at radius 2 is 1.82 bits per heavy atom. The lowest BCUT2D eigenvalue weighted by atomic mass is 9.84. The summed E-state index contributed by atoms with van der Waals surface area (Å²) in [4.78, 5) is 41.8. The second kappa shape index (κ2) is 9.95. The molecule has 1 saturated carbocycles. The van der Waals surface area contributed by atoms with E-state index in [1.54, 1.807) is 16.9 Å². The van der Waals surface area contributed by atoms with Crippen LogP contribution in [0, 0.1) is 5.92 Å². The van der Waals surface area contributed by atoms with Gasteiger partial charge in [-0.1, -0.05) is 19.3 Å². The van der Waals surface area contributed by atoms with Crippen molar-refractivity contribution >= 4 is 28.8 Å². The van der Waals surface area contributed by atoms with Crippen LogP contribution in [0.5, 0.6) is 5.75 Å². The molecule has 184 valence electrons. The van der Waals surface area contributed by atoms with Crippen molar-refractivity contribution in [3.05, 3.63) is 30.0 Å². The van der Waals surface area contributed by atoms with Crippen molar-refractivity contribution in [1.82, 2.24) is 14.4 Å². The number of primary amides is 1. The van der Waals surface area contributed by atoms with E-state index in [-0.39, 0.29) is 23.8 Å². The number of hydrogen-bond donors (Lipinski definition) is 1. The zero-order valence-corrected chi connectivity index (χ0v) is 20.2. The number of aromatic nitrogens is 1. The fraction of sp³-hybridized carbons (Fsp3) is 0.560. The molecule has 1 aromatic carbocycles. The Morgan fingerprint density at radius 3 is 2.47 bits per heavy atom. The van der Waals surface area contributed by atoms with Gasteiger partial charge >= 0.3 is 6.09 Å². The quantitative estimate of drug-likeness (QED) is 0.723. The largest absolute Gasteiger partial charge is 0.497 e. The van der Waals surface area contributed by atoms with E-state index in [0.717, 1.165) is 48.8 Å². The average Bonchev–Trinajstić information content (AvgIpc) is 3.17. The first-order valence-corrected chi connectivity index (χ1v) is 12.0.